The Hall–Kier alpha value is -2.75. The predicted molar refractivity (Wildman–Crippen MR) is 122 cm³/mol. The molecule has 0 bridgehead atoms. The van der Waals surface area contributed by atoms with Crippen molar-refractivity contribution in [2.24, 2.45) is 0 Å². The van der Waals surface area contributed by atoms with Crippen molar-refractivity contribution in [2.75, 3.05) is 17.2 Å². The van der Waals surface area contributed by atoms with Crippen LogP contribution in [0.4, 0.5) is 11.4 Å². The molecule has 1 aliphatic rings. The van der Waals surface area contributed by atoms with E-state index in [9.17, 15) is 22.8 Å². The number of anilines is 2. The zero-order chi connectivity index (χ0) is 23.5. The minimum absolute atomic E-state index is 0.0212. The number of halogens is 1. The Morgan fingerprint density at radius 3 is 2.31 bits per heavy atom. The number of hydrogen-bond donors (Lipinski definition) is 2. The van der Waals surface area contributed by atoms with Crippen molar-refractivity contribution in [2.45, 2.75) is 44.0 Å². The van der Waals surface area contributed by atoms with Crippen LogP contribution in [0.3, 0.4) is 0 Å². The maximum Gasteiger partial charge on any atom is 0.243 e. The van der Waals surface area contributed by atoms with Gasteiger partial charge in [0.1, 0.15) is 6.04 Å². The molecule has 8 nitrogen and oxygen atoms in total. The molecule has 1 aliphatic heterocycles. The van der Waals surface area contributed by atoms with Crippen molar-refractivity contribution in [1.82, 2.24) is 4.31 Å². The summed E-state index contributed by atoms with van der Waals surface area (Å²) >= 11 is 6.19. The summed E-state index contributed by atoms with van der Waals surface area (Å²) in [4.78, 5) is 35.9. The molecule has 1 atom stereocenters. The van der Waals surface area contributed by atoms with Gasteiger partial charge in [-0.15, -0.1) is 0 Å². The Labute approximate surface area is 192 Å². The number of carbonyl (C=O) groups excluding carboxylic acids is 3. The average Bonchev–Trinajstić information content (AvgIpc) is 2.75. The van der Waals surface area contributed by atoms with Gasteiger partial charge < -0.3 is 10.6 Å². The Morgan fingerprint density at radius 2 is 1.69 bits per heavy atom. The summed E-state index contributed by atoms with van der Waals surface area (Å²) in [6, 6.07) is 9.41. The molecule has 2 amide bonds. The van der Waals surface area contributed by atoms with E-state index >= 15 is 0 Å². The van der Waals surface area contributed by atoms with Crippen LogP contribution in [0.5, 0.6) is 0 Å². The van der Waals surface area contributed by atoms with Gasteiger partial charge in [0.15, 0.2) is 5.78 Å². The molecule has 170 valence electrons. The monoisotopic (exact) mass is 477 g/mol. The second-order valence-electron chi connectivity index (χ2n) is 7.57. The molecule has 3 rings (SSSR count). The maximum absolute atomic E-state index is 13.3. The number of ketones is 1. The average molecular weight is 478 g/mol. The van der Waals surface area contributed by atoms with Crippen molar-refractivity contribution in [3.05, 3.63) is 53.1 Å². The molecule has 32 heavy (non-hydrogen) atoms. The van der Waals surface area contributed by atoms with Crippen LogP contribution in [-0.2, 0) is 19.6 Å². The van der Waals surface area contributed by atoms with Crippen molar-refractivity contribution < 1.29 is 22.8 Å². The number of amides is 2. The van der Waals surface area contributed by atoms with Gasteiger partial charge >= 0.3 is 0 Å². The van der Waals surface area contributed by atoms with Crippen LogP contribution >= 0.6 is 11.6 Å². The van der Waals surface area contributed by atoms with E-state index in [2.05, 4.69) is 10.6 Å². The first-order valence-corrected chi connectivity index (χ1v) is 11.9. The van der Waals surface area contributed by atoms with Crippen LogP contribution in [0.15, 0.2) is 47.4 Å². The molecule has 2 aromatic carbocycles. The highest BCUT2D eigenvalue weighted by Crippen LogP contribution is 2.29. The minimum Gasteiger partial charge on any atom is -0.326 e. The highest BCUT2D eigenvalue weighted by atomic mass is 35.5. The molecule has 0 spiro atoms. The Bertz CT molecular complexity index is 1150. The molecule has 0 aromatic heterocycles. The van der Waals surface area contributed by atoms with Gasteiger partial charge in [-0.3, -0.25) is 14.4 Å². The maximum atomic E-state index is 13.3. The van der Waals surface area contributed by atoms with Gasteiger partial charge in [-0.05, 0) is 50.1 Å². The third-order valence-corrected chi connectivity index (χ3v) is 7.42. The fourth-order valence-corrected chi connectivity index (χ4v) is 5.39. The summed E-state index contributed by atoms with van der Waals surface area (Å²) in [6.45, 7) is 2.97. The number of sulfonamides is 1. The normalized spacial score (nSPS) is 16.9. The molecule has 0 saturated carbocycles. The van der Waals surface area contributed by atoms with Gasteiger partial charge in [0.25, 0.3) is 0 Å². The lowest BCUT2D eigenvalue weighted by molar-refractivity contribution is -0.120. The summed E-state index contributed by atoms with van der Waals surface area (Å²) in [6.07, 6.45) is 1.69. The first-order valence-electron chi connectivity index (χ1n) is 10.1. The highest BCUT2D eigenvalue weighted by molar-refractivity contribution is 7.89. The molecule has 1 heterocycles. The Balaban J connectivity index is 1.85. The number of benzene rings is 2. The van der Waals surface area contributed by atoms with E-state index in [1.54, 1.807) is 6.07 Å². The summed E-state index contributed by atoms with van der Waals surface area (Å²) in [5.41, 5.74) is 1.14. The minimum atomic E-state index is -3.95. The molecule has 1 fully saturated rings. The Morgan fingerprint density at radius 1 is 1.00 bits per heavy atom. The molecular formula is C22H24ClN3O5S. The topological polar surface area (TPSA) is 113 Å². The summed E-state index contributed by atoms with van der Waals surface area (Å²) in [5, 5.41) is 5.57. The molecule has 0 aliphatic carbocycles. The summed E-state index contributed by atoms with van der Waals surface area (Å²) in [5.74, 6) is -0.942. The predicted octanol–water partition coefficient (Wildman–Crippen LogP) is 3.68. The number of Topliss-reactive ketones (excluding diaryl/α,β-unsaturated/α-hetero) is 1. The quantitative estimate of drug-likeness (QED) is 0.616. The SMILES string of the molecule is CC(=O)Nc1ccc(Cl)c(NC(=O)C2CCCCN2S(=O)(=O)c2ccc(C(C)=O)cc2)c1. The van der Waals surface area contributed by atoms with Crippen LogP contribution in [0.2, 0.25) is 5.02 Å². The van der Waals surface area contributed by atoms with Crippen molar-refractivity contribution in [1.29, 1.82) is 0 Å². The highest BCUT2D eigenvalue weighted by Gasteiger charge is 2.37. The number of hydrogen-bond acceptors (Lipinski definition) is 5. The standard InChI is InChI=1S/C22H24ClN3O5S/c1-14(27)16-6-9-18(10-7-16)32(30,31)26-12-4-3-5-21(26)22(29)25-20-13-17(24-15(2)28)8-11-19(20)23/h6-11,13,21H,3-5,12H2,1-2H3,(H,24,28)(H,25,29). The second kappa shape index (κ2) is 9.81. The molecule has 0 radical (unpaired) electrons. The number of carbonyl (C=O) groups is 3. The van der Waals surface area contributed by atoms with Crippen LogP contribution in [0, 0.1) is 0 Å². The van der Waals surface area contributed by atoms with Crippen molar-refractivity contribution in [3.63, 3.8) is 0 Å². The van der Waals surface area contributed by atoms with Gasteiger partial charge in [-0.1, -0.05) is 30.2 Å². The van der Waals surface area contributed by atoms with E-state index in [-0.39, 0.29) is 33.8 Å². The van der Waals surface area contributed by atoms with Gasteiger partial charge in [0.05, 0.1) is 15.6 Å². The first kappa shape index (κ1) is 23.9. The number of piperidine rings is 1. The fourth-order valence-electron chi connectivity index (χ4n) is 3.57. The van der Waals surface area contributed by atoms with E-state index in [0.717, 1.165) is 0 Å². The zero-order valence-corrected chi connectivity index (χ0v) is 19.3. The number of rotatable bonds is 6. The molecular weight excluding hydrogens is 454 g/mol. The van der Waals surface area contributed by atoms with E-state index in [4.69, 9.17) is 11.6 Å². The molecule has 1 saturated heterocycles. The third-order valence-electron chi connectivity index (χ3n) is 5.17. The van der Waals surface area contributed by atoms with E-state index in [1.165, 1.54) is 54.6 Å². The van der Waals surface area contributed by atoms with Crippen molar-refractivity contribution >= 4 is 50.6 Å². The first-order chi connectivity index (χ1) is 15.1. The Kier molecular flexibility index (Phi) is 7.33. The van der Waals surface area contributed by atoms with Crippen LogP contribution in [-0.4, -0.2) is 42.9 Å². The van der Waals surface area contributed by atoms with Gasteiger partial charge in [-0.25, -0.2) is 8.42 Å². The van der Waals surface area contributed by atoms with Crippen LogP contribution in [0.1, 0.15) is 43.5 Å². The van der Waals surface area contributed by atoms with Gasteiger partial charge in [0.2, 0.25) is 21.8 Å². The number of nitrogens with zero attached hydrogens (tertiary/aromatic N) is 1. The lowest BCUT2D eigenvalue weighted by atomic mass is 10.0. The molecule has 2 aromatic rings. The molecule has 2 N–H and O–H groups in total. The molecule has 10 heteroatoms. The van der Waals surface area contributed by atoms with Crippen LogP contribution in [0.25, 0.3) is 0 Å². The fraction of sp³-hybridized carbons (Fsp3) is 0.318. The van der Waals surface area contributed by atoms with Gasteiger partial charge in [-0.2, -0.15) is 4.31 Å². The zero-order valence-electron chi connectivity index (χ0n) is 17.7. The van der Waals surface area contributed by atoms with E-state index in [0.29, 0.717) is 30.5 Å². The summed E-state index contributed by atoms with van der Waals surface area (Å²) in [7, 11) is -3.95. The largest absolute Gasteiger partial charge is 0.326 e. The van der Waals surface area contributed by atoms with Crippen LogP contribution < -0.4 is 10.6 Å². The lowest BCUT2D eigenvalue weighted by Crippen LogP contribution is -2.49. The van der Waals surface area contributed by atoms with Gasteiger partial charge in [0, 0.05) is 24.7 Å². The lowest BCUT2D eigenvalue weighted by Gasteiger charge is -2.33. The number of nitrogens with one attached hydrogen (secondary N) is 2. The summed E-state index contributed by atoms with van der Waals surface area (Å²) < 4.78 is 27.7. The van der Waals surface area contributed by atoms with E-state index < -0.39 is 22.0 Å². The second-order valence-corrected chi connectivity index (χ2v) is 9.87. The third kappa shape index (κ3) is 5.35. The van der Waals surface area contributed by atoms with Crippen molar-refractivity contribution in [3.8, 4) is 0 Å². The van der Waals surface area contributed by atoms with E-state index in [1.807, 2.05) is 0 Å². The smallest absolute Gasteiger partial charge is 0.243 e. The molecule has 1 unspecified atom stereocenters.